The summed E-state index contributed by atoms with van der Waals surface area (Å²) in [7, 11) is 0. The number of piperidine rings is 1. The molecule has 1 N–H and O–H groups in total. The number of aliphatic hydroxyl groups is 1. The Morgan fingerprint density at radius 1 is 1.20 bits per heavy atom. The number of aliphatic hydroxyl groups excluding tert-OH is 1. The molecule has 134 valence electrons. The molecule has 2 aliphatic heterocycles. The third-order valence-corrected chi connectivity index (χ3v) is 5.19. The number of anilines is 1. The van der Waals surface area contributed by atoms with Gasteiger partial charge < -0.3 is 5.11 Å². The molecular formula is C19H24N2O4. The zero-order valence-corrected chi connectivity index (χ0v) is 14.5. The van der Waals surface area contributed by atoms with E-state index in [0.29, 0.717) is 17.7 Å². The predicted octanol–water partition coefficient (Wildman–Crippen LogP) is 1.76. The molecule has 0 aliphatic carbocycles. The summed E-state index contributed by atoms with van der Waals surface area (Å²) in [6.45, 7) is 2.35. The van der Waals surface area contributed by atoms with Gasteiger partial charge in [0.1, 0.15) is 0 Å². The highest BCUT2D eigenvalue weighted by Crippen LogP contribution is 2.30. The van der Waals surface area contributed by atoms with Crippen molar-refractivity contribution in [3.8, 4) is 0 Å². The first-order chi connectivity index (χ1) is 12.0. The monoisotopic (exact) mass is 344 g/mol. The minimum absolute atomic E-state index is 0.0522. The Morgan fingerprint density at radius 2 is 1.92 bits per heavy atom. The number of amides is 2. The zero-order valence-electron chi connectivity index (χ0n) is 14.5. The molecule has 2 amide bonds. The van der Waals surface area contributed by atoms with Crippen LogP contribution in [0.15, 0.2) is 24.3 Å². The van der Waals surface area contributed by atoms with Crippen molar-refractivity contribution in [3.63, 3.8) is 0 Å². The van der Waals surface area contributed by atoms with Crippen molar-refractivity contribution in [2.75, 3.05) is 18.1 Å². The molecule has 2 fully saturated rings. The van der Waals surface area contributed by atoms with Gasteiger partial charge in [0, 0.05) is 18.2 Å². The van der Waals surface area contributed by atoms with Crippen LogP contribution in [0.4, 0.5) is 5.69 Å². The quantitative estimate of drug-likeness (QED) is 0.650. The van der Waals surface area contributed by atoms with Gasteiger partial charge in [-0.25, -0.2) is 4.90 Å². The average molecular weight is 344 g/mol. The number of Topliss-reactive ketones (excluding diaryl/α,β-unsaturated/α-hetero) is 1. The summed E-state index contributed by atoms with van der Waals surface area (Å²) in [6.07, 6.45) is 3.85. The van der Waals surface area contributed by atoms with Crippen LogP contribution in [0.2, 0.25) is 0 Å². The van der Waals surface area contributed by atoms with E-state index in [1.807, 2.05) is 0 Å². The van der Waals surface area contributed by atoms with Gasteiger partial charge in [-0.2, -0.15) is 0 Å². The minimum Gasteiger partial charge on any atom is -0.396 e. The molecule has 0 radical (unpaired) electrons. The Bertz CT molecular complexity index is 669. The number of carbonyl (C=O) groups excluding carboxylic acids is 3. The van der Waals surface area contributed by atoms with Crippen LogP contribution in [0, 0.1) is 0 Å². The third kappa shape index (κ3) is 3.50. The topological polar surface area (TPSA) is 77.9 Å². The molecule has 3 rings (SSSR count). The normalized spacial score (nSPS) is 24.8. The molecule has 0 saturated carbocycles. The highest BCUT2D eigenvalue weighted by atomic mass is 16.3. The Hall–Kier alpha value is -2.05. The molecule has 2 atom stereocenters. The van der Waals surface area contributed by atoms with Gasteiger partial charge in [-0.05, 0) is 57.0 Å². The van der Waals surface area contributed by atoms with Crippen LogP contribution >= 0.6 is 0 Å². The predicted molar refractivity (Wildman–Crippen MR) is 93.4 cm³/mol. The van der Waals surface area contributed by atoms with Gasteiger partial charge in [-0.15, -0.1) is 0 Å². The van der Waals surface area contributed by atoms with Crippen molar-refractivity contribution in [3.05, 3.63) is 29.8 Å². The second kappa shape index (κ2) is 7.45. The Balaban J connectivity index is 1.80. The van der Waals surface area contributed by atoms with Crippen LogP contribution < -0.4 is 4.90 Å². The molecule has 6 heteroatoms. The van der Waals surface area contributed by atoms with Gasteiger partial charge in [0.15, 0.2) is 5.78 Å². The summed E-state index contributed by atoms with van der Waals surface area (Å²) in [6, 6.07) is 6.28. The first-order valence-corrected chi connectivity index (χ1v) is 8.87. The van der Waals surface area contributed by atoms with Gasteiger partial charge in [0.05, 0.1) is 18.2 Å². The lowest BCUT2D eigenvalue weighted by Crippen LogP contribution is -2.50. The van der Waals surface area contributed by atoms with E-state index in [0.717, 1.165) is 25.8 Å². The fourth-order valence-electron chi connectivity index (χ4n) is 3.88. The van der Waals surface area contributed by atoms with Gasteiger partial charge in [0.25, 0.3) is 5.91 Å². The van der Waals surface area contributed by atoms with Crippen LogP contribution in [0.3, 0.4) is 0 Å². The van der Waals surface area contributed by atoms with E-state index < -0.39 is 6.04 Å². The molecule has 0 spiro atoms. The van der Waals surface area contributed by atoms with Crippen LogP contribution in [0.5, 0.6) is 0 Å². The standard InChI is InChI=1S/C19H24N2O4/c1-13(23)14-5-7-16(8-6-14)21-18(24)12-17(19(21)25)20-10-3-2-4-15(20)9-11-22/h5-8,15,17,22H,2-4,9-12H2,1H3/t15-,17+/m1/s1. The molecule has 25 heavy (non-hydrogen) atoms. The molecule has 0 aromatic heterocycles. The van der Waals surface area contributed by atoms with Gasteiger partial charge in [0.2, 0.25) is 5.91 Å². The van der Waals surface area contributed by atoms with Crippen molar-refractivity contribution < 1.29 is 19.5 Å². The van der Waals surface area contributed by atoms with Crippen molar-refractivity contribution in [2.24, 2.45) is 0 Å². The molecule has 1 aromatic rings. The van der Waals surface area contributed by atoms with E-state index in [2.05, 4.69) is 4.90 Å². The molecule has 2 heterocycles. The van der Waals surface area contributed by atoms with E-state index in [1.54, 1.807) is 24.3 Å². The maximum Gasteiger partial charge on any atom is 0.251 e. The number of benzene rings is 1. The number of carbonyl (C=O) groups is 3. The Morgan fingerprint density at radius 3 is 2.56 bits per heavy atom. The maximum absolute atomic E-state index is 12.9. The van der Waals surface area contributed by atoms with E-state index in [1.165, 1.54) is 11.8 Å². The maximum atomic E-state index is 12.9. The summed E-state index contributed by atoms with van der Waals surface area (Å²) in [5, 5.41) is 9.28. The lowest BCUT2D eigenvalue weighted by Gasteiger charge is -2.38. The van der Waals surface area contributed by atoms with E-state index in [4.69, 9.17) is 0 Å². The number of rotatable bonds is 5. The van der Waals surface area contributed by atoms with Crippen LogP contribution in [-0.4, -0.2) is 52.8 Å². The number of imide groups is 1. The smallest absolute Gasteiger partial charge is 0.251 e. The van der Waals surface area contributed by atoms with Crippen molar-refractivity contribution in [2.45, 2.75) is 51.1 Å². The fourth-order valence-corrected chi connectivity index (χ4v) is 3.88. The van der Waals surface area contributed by atoms with E-state index in [-0.39, 0.29) is 36.7 Å². The average Bonchev–Trinajstić information content (AvgIpc) is 2.90. The molecule has 6 nitrogen and oxygen atoms in total. The summed E-state index contributed by atoms with van der Waals surface area (Å²) in [5.74, 6) is -0.465. The molecule has 0 bridgehead atoms. The van der Waals surface area contributed by atoms with Crippen LogP contribution in [0.1, 0.15) is 49.4 Å². The SMILES string of the molecule is CC(=O)c1ccc(N2C(=O)C[C@H](N3CCCC[C@@H]3CCO)C2=O)cc1. The summed E-state index contributed by atoms with van der Waals surface area (Å²) in [5.41, 5.74) is 1.07. The van der Waals surface area contributed by atoms with Crippen molar-refractivity contribution in [1.82, 2.24) is 4.90 Å². The molecule has 1 aromatic carbocycles. The molecule has 0 unspecified atom stereocenters. The first kappa shape index (κ1) is 17.8. The number of nitrogens with zero attached hydrogens (tertiary/aromatic N) is 2. The van der Waals surface area contributed by atoms with Crippen molar-refractivity contribution >= 4 is 23.3 Å². The molecule has 2 aliphatic rings. The minimum atomic E-state index is -0.447. The van der Waals surface area contributed by atoms with Crippen LogP contribution in [0.25, 0.3) is 0 Å². The van der Waals surface area contributed by atoms with Crippen molar-refractivity contribution in [1.29, 1.82) is 0 Å². The zero-order chi connectivity index (χ0) is 18.0. The number of hydrogen-bond acceptors (Lipinski definition) is 5. The number of likely N-dealkylation sites (tertiary alicyclic amines) is 1. The fraction of sp³-hybridized carbons (Fsp3) is 0.526. The van der Waals surface area contributed by atoms with Gasteiger partial charge in [-0.3, -0.25) is 19.3 Å². The highest BCUT2D eigenvalue weighted by molar-refractivity contribution is 6.22. The first-order valence-electron chi connectivity index (χ1n) is 8.87. The number of hydrogen-bond donors (Lipinski definition) is 1. The largest absolute Gasteiger partial charge is 0.396 e. The van der Waals surface area contributed by atoms with Gasteiger partial charge in [-0.1, -0.05) is 6.42 Å². The van der Waals surface area contributed by atoms with Crippen LogP contribution in [-0.2, 0) is 9.59 Å². The van der Waals surface area contributed by atoms with E-state index in [9.17, 15) is 19.5 Å². The second-order valence-electron chi connectivity index (χ2n) is 6.79. The van der Waals surface area contributed by atoms with Gasteiger partial charge >= 0.3 is 0 Å². The Labute approximate surface area is 147 Å². The molecular weight excluding hydrogens is 320 g/mol. The summed E-state index contributed by atoms with van der Waals surface area (Å²) >= 11 is 0. The lowest BCUT2D eigenvalue weighted by atomic mass is 9.97. The Kier molecular flexibility index (Phi) is 5.30. The highest BCUT2D eigenvalue weighted by Gasteiger charge is 2.44. The summed E-state index contributed by atoms with van der Waals surface area (Å²) < 4.78 is 0. The number of ketones is 1. The third-order valence-electron chi connectivity index (χ3n) is 5.19. The lowest BCUT2D eigenvalue weighted by molar-refractivity contribution is -0.123. The molecule has 2 saturated heterocycles. The second-order valence-corrected chi connectivity index (χ2v) is 6.79. The summed E-state index contributed by atoms with van der Waals surface area (Å²) in [4.78, 5) is 40.1. The van der Waals surface area contributed by atoms with E-state index >= 15 is 0 Å².